The average molecular weight is 283 g/mol. The lowest BCUT2D eigenvalue weighted by Gasteiger charge is -2.17. The fraction of sp³-hybridized carbons (Fsp3) is 0.278. The molecule has 3 heteroatoms. The highest BCUT2D eigenvalue weighted by Gasteiger charge is 2.12. The van der Waals surface area contributed by atoms with Gasteiger partial charge in [0.2, 0.25) is 0 Å². The second-order valence-electron chi connectivity index (χ2n) is 5.04. The van der Waals surface area contributed by atoms with E-state index in [1.165, 1.54) is 0 Å². The van der Waals surface area contributed by atoms with Gasteiger partial charge in [-0.25, -0.2) is 0 Å². The summed E-state index contributed by atoms with van der Waals surface area (Å²) in [7, 11) is 0. The normalized spacial score (nSPS) is 11.7. The third-order valence-corrected chi connectivity index (χ3v) is 3.30. The van der Waals surface area contributed by atoms with Crippen LogP contribution in [0.2, 0.25) is 0 Å². The summed E-state index contributed by atoms with van der Waals surface area (Å²) in [6.45, 7) is 4.08. The van der Waals surface area contributed by atoms with Gasteiger partial charge in [0.05, 0.1) is 6.04 Å². The van der Waals surface area contributed by atoms with Crippen LogP contribution in [0.5, 0.6) is 5.75 Å². The number of carbonyl (C=O) groups is 1. The molecule has 0 saturated heterocycles. The van der Waals surface area contributed by atoms with Crippen LogP contribution in [0.3, 0.4) is 0 Å². The van der Waals surface area contributed by atoms with Crippen LogP contribution in [0.25, 0.3) is 0 Å². The number of rotatable bonds is 6. The maximum absolute atomic E-state index is 12.0. The Hall–Kier alpha value is -2.29. The Morgan fingerprint density at radius 2 is 1.90 bits per heavy atom. The van der Waals surface area contributed by atoms with E-state index in [0.29, 0.717) is 0 Å². The molecule has 0 aliphatic carbocycles. The van der Waals surface area contributed by atoms with Gasteiger partial charge >= 0.3 is 0 Å². The number of aryl methyl sites for hydroxylation is 1. The maximum Gasteiger partial charge on any atom is 0.258 e. The number of nitrogens with one attached hydrogen (secondary N) is 1. The molecule has 0 aromatic heterocycles. The van der Waals surface area contributed by atoms with E-state index >= 15 is 0 Å². The summed E-state index contributed by atoms with van der Waals surface area (Å²) in [4.78, 5) is 12.0. The van der Waals surface area contributed by atoms with Gasteiger partial charge in [0.15, 0.2) is 6.61 Å². The molecule has 0 spiro atoms. The highest BCUT2D eigenvalue weighted by atomic mass is 16.5. The molecule has 0 aliphatic rings. The summed E-state index contributed by atoms with van der Waals surface area (Å²) in [5, 5.41) is 3.00. The molecule has 0 fully saturated rings. The molecule has 2 aromatic rings. The molecule has 0 radical (unpaired) electrons. The quantitative estimate of drug-likeness (QED) is 0.879. The molecule has 0 bridgehead atoms. The minimum atomic E-state index is -0.104. The first-order valence-corrected chi connectivity index (χ1v) is 7.23. The fourth-order valence-corrected chi connectivity index (χ4v) is 2.20. The van der Waals surface area contributed by atoms with Crippen molar-refractivity contribution in [1.29, 1.82) is 0 Å². The van der Waals surface area contributed by atoms with Crippen LogP contribution in [0, 0.1) is 6.92 Å². The smallest absolute Gasteiger partial charge is 0.258 e. The van der Waals surface area contributed by atoms with E-state index in [-0.39, 0.29) is 18.6 Å². The van der Waals surface area contributed by atoms with E-state index in [4.69, 9.17) is 4.74 Å². The first kappa shape index (κ1) is 15.1. The third-order valence-electron chi connectivity index (χ3n) is 3.30. The lowest BCUT2D eigenvalue weighted by Crippen LogP contribution is -2.32. The summed E-state index contributed by atoms with van der Waals surface area (Å²) >= 11 is 0. The van der Waals surface area contributed by atoms with E-state index in [9.17, 15) is 4.79 Å². The van der Waals surface area contributed by atoms with Gasteiger partial charge in [-0.3, -0.25) is 4.79 Å². The summed E-state index contributed by atoms with van der Waals surface area (Å²) in [6.07, 6.45) is 0.847. The molecule has 1 amide bonds. The number of carbonyl (C=O) groups excluding carboxylic acids is 1. The van der Waals surface area contributed by atoms with Crippen LogP contribution >= 0.6 is 0 Å². The first-order valence-electron chi connectivity index (χ1n) is 7.23. The molecule has 0 heterocycles. The third kappa shape index (κ3) is 4.63. The van der Waals surface area contributed by atoms with Crippen LogP contribution in [-0.4, -0.2) is 12.5 Å². The van der Waals surface area contributed by atoms with Crippen LogP contribution in [0.1, 0.15) is 30.5 Å². The zero-order valence-electron chi connectivity index (χ0n) is 12.5. The SMILES string of the molecule is CCC(NC(=O)COc1cccc(C)c1)c1ccccc1. The van der Waals surface area contributed by atoms with Crippen molar-refractivity contribution in [2.45, 2.75) is 26.3 Å². The topological polar surface area (TPSA) is 38.3 Å². The Labute approximate surface area is 126 Å². The van der Waals surface area contributed by atoms with Gasteiger partial charge < -0.3 is 10.1 Å². The van der Waals surface area contributed by atoms with Gasteiger partial charge in [-0.2, -0.15) is 0 Å². The molecular weight excluding hydrogens is 262 g/mol. The Kier molecular flexibility index (Phi) is 5.38. The number of hydrogen-bond acceptors (Lipinski definition) is 2. The summed E-state index contributed by atoms with van der Waals surface area (Å²) in [6, 6.07) is 17.7. The molecule has 1 atom stereocenters. The summed E-state index contributed by atoms with van der Waals surface area (Å²) < 4.78 is 5.52. The summed E-state index contributed by atoms with van der Waals surface area (Å²) in [5.41, 5.74) is 2.23. The molecule has 3 nitrogen and oxygen atoms in total. The first-order chi connectivity index (χ1) is 10.2. The lowest BCUT2D eigenvalue weighted by atomic mass is 10.0. The van der Waals surface area contributed by atoms with Crippen molar-refractivity contribution in [1.82, 2.24) is 5.32 Å². The van der Waals surface area contributed by atoms with E-state index in [2.05, 4.69) is 12.2 Å². The number of amides is 1. The minimum absolute atomic E-state index is 0.0276. The van der Waals surface area contributed by atoms with Crippen molar-refractivity contribution in [3.63, 3.8) is 0 Å². The van der Waals surface area contributed by atoms with Gasteiger partial charge in [0.1, 0.15) is 5.75 Å². The molecule has 2 rings (SSSR count). The minimum Gasteiger partial charge on any atom is -0.484 e. The lowest BCUT2D eigenvalue weighted by molar-refractivity contribution is -0.123. The van der Waals surface area contributed by atoms with Crippen molar-refractivity contribution in [3.8, 4) is 5.75 Å². The standard InChI is InChI=1S/C18H21NO2/c1-3-17(15-9-5-4-6-10-15)19-18(20)13-21-16-11-7-8-14(2)12-16/h4-12,17H,3,13H2,1-2H3,(H,19,20). The largest absolute Gasteiger partial charge is 0.484 e. The second kappa shape index (κ2) is 7.48. The zero-order valence-corrected chi connectivity index (χ0v) is 12.5. The van der Waals surface area contributed by atoms with E-state index in [1.807, 2.05) is 61.5 Å². The fourth-order valence-electron chi connectivity index (χ4n) is 2.20. The van der Waals surface area contributed by atoms with Crippen LogP contribution in [-0.2, 0) is 4.79 Å². The molecule has 2 aromatic carbocycles. The van der Waals surface area contributed by atoms with Gasteiger partial charge in [-0.1, -0.05) is 49.4 Å². The predicted molar refractivity (Wildman–Crippen MR) is 84.3 cm³/mol. The van der Waals surface area contributed by atoms with Crippen molar-refractivity contribution in [3.05, 3.63) is 65.7 Å². The number of hydrogen-bond donors (Lipinski definition) is 1. The zero-order chi connectivity index (χ0) is 15.1. The van der Waals surface area contributed by atoms with Gasteiger partial charge in [-0.05, 0) is 36.6 Å². The molecule has 0 aliphatic heterocycles. The molecule has 0 saturated carbocycles. The molecule has 1 unspecified atom stereocenters. The number of benzene rings is 2. The highest BCUT2D eigenvalue weighted by Crippen LogP contribution is 2.16. The number of ether oxygens (including phenoxy) is 1. The second-order valence-corrected chi connectivity index (χ2v) is 5.04. The van der Waals surface area contributed by atoms with Gasteiger partial charge in [0.25, 0.3) is 5.91 Å². The molecule has 21 heavy (non-hydrogen) atoms. The maximum atomic E-state index is 12.0. The Balaban J connectivity index is 1.89. The highest BCUT2D eigenvalue weighted by molar-refractivity contribution is 5.78. The Bertz CT molecular complexity index is 581. The summed E-state index contributed by atoms with van der Waals surface area (Å²) in [5.74, 6) is 0.616. The van der Waals surface area contributed by atoms with E-state index in [1.54, 1.807) is 0 Å². The van der Waals surface area contributed by atoms with Gasteiger partial charge in [-0.15, -0.1) is 0 Å². The van der Waals surface area contributed by atoms with Crippen LogP contribution in [0.4, 0.5) is 0 Å². The monoisotopic (exact) mass is 283 g/mol. The molecule has 1 N–H and O–H groups in total. The molecule has 110 valence electrons. The van der Waals surface area contributed by atoms with Crippen molar-refractivity contribution in [2.75, 3.05) is 6.61 Å². The van der Waals surface area contributed by atoms with Crippen LogP contribution in [0.15, 0.2) is 54.6 Å². The van der Waals surface area contributed by atoms with E-state index in [0.717, 1.165) is 23.3 Å². The predicted octanol–water partition coefficient (Wildman–Crippen LogP) is 3.64. The van der Waals surface area contributed by atoms with Crippen molar-refractivity contribution >= 4 is 5.91 Å². The molecular formula is C18H21NO2. The Morgan fingerprint density at radius 3 is 2.57 bits per heavy atom. The van der Waals surface area contributed by atoms with Gasteiger partial charge in [0, 0.05) is 0 Å². The van der Waals surface area contributed by atoms with E-state index < -0.39 is 0 Å². The van der Waals surface area contributed by atoms with Crippen molar-refractivity contribution in [2.24, 2.45) is 0 Å². The Morgan fingerprint density at radius 1 is 1.14 bits per heavy atom. The average Bonchev–Trinajstić information content (AvgIpc) is 2.51. The van der Waals surface area contributed by atoms with Crippen molar-refractivity contribution < 1.29 is 9.53 Å². The van der Waals surface area contributed by atoms with Crippen LogP contribution < -0.4 is 10.1 Å².